The van der Waals surface area contributed by atoms with Gasteiger partial charge in [-0.05, 0) is 42.4 Å². The summed E-state index contributed by atoms with van der Waals surface area (Å²) in [5.74, 6) is 0. The number of hydrogen-bond acceptors (Lipinski definition) is 3. The number of ether oxygens (including phenoxy) is 1. The van der Waals surface area contributed by atoms with Crippen molar-refractivity contribution in [1.82, 2.24) is 9.88 Å². The standard InChI is InChI=1S/C15H16N4OS/c16-7-10-1-2-14-13(5-10)11(8-18-14)6-12-9-20-4-3-19(12)15(17)21/h1-2,5,8,12,18H,3-4,6,9H2,(H2,17,21)/t12-/m0/s1. The first kappa shape index (κ1) is 13.9. The molecule has 0 radical (unpaired) electrons. The van der Waals surface area contributed by atoms with Gasteiger partial charge in [0.05, 0.1) is 30.9 Å². The Morgan fingerprint density at radius 3 is 3.19 bits per heavy atom. The van der Waals surface area contributed by atoms with Crippen LogP contribution in [0.3, 0.4) is 0 Å². The molecule has 1 aromatic carbocycles. The van der Waals surface area contributed by atoms with E-state index in [0.717, 1.165) is 29.4 Å². The number of nitriles is 1. The number of hydrogen-bond donors (Lipinski definition) is 2. The van der Waals surface area contributed by atoms with E-state index in [9.17, 15) is 0 Å². The minimum atomic E-state index is 0.140. The molecule has 0 saturated carbocycles. The van der Waals surface area contributed by atoms with Crippen molar-refractivity contribution >= 4 is 28.2 Å². The van der Waals surface area contributed by atoms with E-state index in [-0.39, 0.29) is 6.04 Å². The molecule has 1 fully saturated rings. The lowest BCUT2D eigenvalue weighted by atomic mass is 10.0. The molecule has 0 spiro atoms. The minimum absolute atomic E-state index is 0.140. The SMILES string of the molecule is N#Cc1ccc2[nH]cc(C[C@H]3COCCN3C(N)=S)c2c1. The first-order valence-electron chi connectivity index (χ1n) is 6.83. The van der Waals surface area contributed by atoms with Crippen LogP contribution in [0.5, 0.6) is 0 Å². The number of benzene rings is 1. The number of aromatic amines is 1. The van der Waals surface area contributed by atoms with Gasteiger partial charge in [-0.2, -0.15) is 5.26 Å². The van der Waals surface area contributed by atoms with Crippen LogP contribution in [0.2, 0.25) is 0 Å². The van der Waals surface area contributed by atoms with Crippen LogP contribution in [0.4, 0.5) is 0 Å². The average molecular weight is 300 g/mol. The number of nitrogens with one attached hydrogen (secondary N) is 1. The highest BCUT2D eigenvalue weighted by atomic mass is 32.1. The normalized spacial score (nSPS) is 18.6. The second kappa shape index (κ2) is 5.72. The van der Waals surface area contributed by atoms with E-state index in [1.807, 2.05) is 29.3 Å². The summed E-state index contributed by atoms with van der Waals surface area (Å²) in [4.78, 5) is 5.26. The molecule has 0 amide bonds. The van der Waals surface area contributed by atoms with E-state index in [0.29, 0.717) is 23.9 Å². The van der Waals surface area contributed by atoms with Gasteiger partial charge in [0.25, 0.3) is 0 Å². The second-order valence-corrected chi connectivity index (χ2v) is 5.57. The van der Waals surface area contributed by atoms with E-state index in [1.54, 1.807) is 0 Å². The van der Waals surface area contributed by atoms with E-state index >= 15 is 0 Å². The van der Waals surface area contributed by atoms with Crippen molar-refractivity contribution in [3.63, 3.8) is 0 Å². The van der Waals surface area contributed by atoms with Crippen LogP contribution < -0.4 is 5.73 Å². The molecule has 1 atom stereocenters. The Morgan fingerprint density at radius 1 is 1.57 bits per heavy atom. The Hall–Kier alpha value is -2.10. The molecule has 0 bridgehead atoms. The van der Waals surface area contributed by atoms with Crippen molar-refractivity contribution in [2.75, 3.05) is 19.8 Å². The molecule has 1 aromatic heterocycles. The molecular formula is C15H16N4OS. The number of nitrogens with two attached hydrogens (primary N) is 1. The Morgan fingerprint density at radius 2 is 2.43 bits per heavy atom. The third-order valence-electron chi connectivity index (χ3n) is 3.86. The van der Waals surface area contributed by atoms with Crippen LogP contribution in [0.1, 0.15) is 11.1 Å². The summed E-state index contributed by atoms with van der Waals surface area (Å²) >= 11 is 5.12. The largest absolute Gasteiger partial charge is 0.377 e. The maximum Gasteiger partial charge on any atom is 0.166 e. The fraction of sp³-hybridized carbons (Fsp3) is 0.333. The van der Waals surface area contributed by atoms with Crippen molar-refractivity contribution in [3.8, 4) is 6.07 Å². The van der Waals surface area contributed by atoms with Gasteiger partial charge in [0.1, 0.15) is 0 Å². The molecule has 108 valence electrons. The second-order valence-electron chi connectivity index (χ2n) is 5.15. The smallest absolute Gasteiger partial charge is 0.166 e. The van der Waals surface area contributed by atoms with E-state index < -0.39 is 0 Å². The third-order valence-corrected chi connectivity index (χ3v) is 4.10. The summed E-state index contributed by atoms with van der Waals surface area (Å²) in [6.07, 6.45) is 2.77. The zero-order valence-electron chi connectivity index (χ0n) is 11.5. The fourth-order valence-electron chi connectivity index (χ4n) is 2.78. The lowest BCUT2D eigenvalue weighted by molar-refractivity contribution is 0.0274. The molecule has 2 aromatic rings. The number of morpholine rings is 1. The molecule has 21 heavy (non-hydrogen) atoms. The lowest BCUT2D eigenvalue weighted by Crippen LogP contribution is -2.51. The summed E-state index contributed by atoms with van der Waals surface area (Å²) in [7, 11) is 0. The molecule has 0 aliphatic carbocycles. The van der Waals surface area contributed by atoms with Gasteiger partial charge in [-0.3, -0.25) is 0 Å². The van der Waals surface area contributed by atoms with Gasteiger partial charge in [0.2, 0.25) is 0 Å². The molecule has 3 N–H and O–H groups in total. The number of rotatable bonds is 2. The lowest BCUT2D eigenvalue weighted by Gasteiger charge is -2.36. The highest BCUT2D eigenvalue weighted by molar-refractivity contribution is 7.80. The number of fused-ring (bicyclic) bond motifs is 1. The molecular weight excluding hydrogens is 284 g/mol. The predicted molar refractivity (Wildman–Crippen MR) is 84.8 cm³/mol. The number of thiocarbonyl (C=S) groups is 1. The van der Waals surface area contributed by atoms with Crippen LogP contribution in [-0.4, -0.2) is 40.8 Å². The van der Waals surface area contributed by atoms with Gasteiger partial charge in [-0.15, -0.1) is 0 Å². The maximum absolute atomic E-state index is 9.04. The molecule has 3 rings (SSSR count). The van der Waals surface area contributed by atoms with Crippen LogP contribution in [0, 0.1) is 11.3 Å². The maximum atomic E-state index is 9.04. The zero-order chi connectivity index (χ0) is 14.8. The predicted octanol–water partition coefficient (Wildman–Crippen LogP) is 1.53. The molecule has 2 heterocycles. The summed E-state index contributed by atoms with van der Waals surface area (Å²) in [5, 5.41) is 10.5. The number of H-pyrrole nitrogens is 1. The Labute approximate surface area is 128 Å². The average Bonchev–Trinajstić information content (AvgIpc) is 2.90. The zero-order valence-corrected chi connectivity index (χ0v) is 12.3. The Balaban J connectivity index is 1.90. The quantitative estimate of drug-likeness (QED) is 0.822. The summed E-state index contributed by atoms with van der Waals surface area (Å²) in [6.45, 7) is 1.99. The van der Waals surface area contributed by atoms with Gasteiger partial charge in [0, 0.05) is 23.6 Å². The highest BCUT2D eigenvalue weighted by Crippen LogP contribution is 2.23. The molecule has 0 unspecified atom stereocenters. The Kier molecular flexibility index (Phi) is 3.78. The van der Waals surface area contributed by atoms with Crippen LogP contribution in [0.25, 0.3) is 10.9 Å². The van der Waals surface area contributed by atoms with E-state index in [4.69, 9.17) is 28.0 Å². The van der Waals surface area contributed by atoms with Gasteiger partial charge < -0.3 is 20.4 Å². The molecule has 1 aliphatic heterocycles. The van der Waals surface area contributed by atoms with Gasteiger partial charge in [-0.1, -0.05) is 0 Å². The molecule has 1 aliphatic rings. The van der Waals surface area contributed by atoms with Crippen molar-refractivity contribution < 1.29 is 4.74 Å². The topological polar surface area (TPSA) is 78.1 Å². The van der Waals surface area contributed by atoms with Crippen LogP contribution in [0.15, 0.2) is 24.4 Å². The summed E-state index contributed by atoms with van der Waals surface area (Å²) < 4.78 is 5.55. The monoisotopic (exact) mass is 300 g/mol. The molecule has 5 nitrogen and oxygen atoms in total. The highest BCUT2D eigenvalue weighted by Gasteiger charge is 2.25. The minimum Gasteiger partial charge on any atom is -0.377 e. The fourth-order valence-corrected chi connectivity index (χ4v) is 3.03. The first-order valence-corrected chi connectivity index (χ1v) is 7.24. The number of aromatic nitrogens is 1. The van der Waals surface area contributed by atoms with Crippen molar-refractivity contribution in [2.45, 2.75) is 12.5 Å². The van der Waals surface area contributed by atoms with Crippen LogP contribution >= 0.6 is 12.2 Å². The van der Waals surface area contributed by atoms with E-state index in [2.05, 4.69) is 11.1 Å². The molecule has 6 heteroatoms. The van der Waals surface area contributed by atoms with Crippen LogP contribution in [-0.2, 0) is 11.2 Å². The summed E-state index contributed by atoms with van der Waals surface area (Å²) in [6, 6.07) is 7.97. The van der Waals surface area contributed by atoms with Crippen molar-refractivity contribution in [2.24, 2.45) is 5.73 Å². The third kappa shape index (κ3) is 2.71. The van der Waals surface area contributed by atoms with Gasteiger partial charge >= 0.3 is 0 Å². The first-order chi connectivity index (χ1) is 10.2. The van der Waals surface area contributed by atoms with E-state index in [1.165, 1.54) is 0 Å². The van der Waals surface area contributed by atoms with Gasteiger partial charge in [-0.25, -0.2) is 0 Å². The molecule has 1 saturated heterocycles. The number of nitrogens with zero attached hydrogens (tertiary/aromatic N) is 2. The van der Waals surface area contributed by atoms with Crippen molar-refractivity contribution in [1.29, 1.82) is 5.26 Å². The van der Waals surface area contributed by atoms with Crippen molar-refractivity contribution in [3.05, 3.63) is 35.5 Å². The van der Waals surface area contributed by atoms with Gasteiger partial charge in [0.15, 0.2) is 5.11 Å². The summed E-state index contributed by atoms with van der Waals surface area (Å²) in [5.41, 5.74) is 8.64. The Bertz CT molecular complexity index is 718.